The number of hydrogen-bond acceptors (Lipinski definition) is 6. The van der Waals surface area contributed by atoms with Gasteiger partial charge >= 0.3 is 12.0 Å². The molecule has 0 bridgehead atoms. The highest BCUT2D eigenvalue weighted by atomic mass is 35.5. The van der Waals surface area contributed by atoms with Gasteiger partial charge in [0.2, 0.25) is 5.91 Å². The van der Waals surface area contributed by atoms with Crippen LogP contribution in [0.2, 0.25) is 10.0 Å². The minimum Gasteiger partial charge on any atom is -0.489 e. The standard InChI is InChI=1S/C29H30Cl2N4O5S/c1-34(14-12-20-5-2-3-13-32-20)29(39)35-18-41-17-26(35)27(36)33-25(28(37)38)15-19-8-10-21(11-9-19)40-16-22-23(30)6-4-7-24(22)31/h2-11,13,25-26H,12,14-18H2,1H3,(H,33,36)(H,37,38)/t25-,26-/m0/s1. The molecule has 0 saturated carbocycles. The van der Waals surface area contributed by atoms with Crippen molar-refractivity contribution >= 4 is 52.9 Å². The van der Waals surface area contributed by atoms with Crippen molar-refractivity contribution in [3.63, 3.8) is 0 Å². The molecule has 1 aromatic heterocycles. The average molecular weight is 618 g/mol. The Balaban J connectivity index is 1.32. The lowest BCUT2D eigenvalue weighted by atomic mass is 10.1. The number of carboxylic acid groups (broad SMARTS) is 1. The number of nitrogens with zero attached hydrogens (tertiary/aromatic N) is 3. The van der Waals surface area contributed by atoms with E-state index in [9.17, 15) is 19.5 Å². The molecule has 216 valence electrons. The first-order valence-electron chi connectivity index (χ1n) is 12.9. The monoisotopic (exact) mass is 616 g/mol. The molecule has 3 amide bonds. The van der Waals surface area contributed by atoms with Crippen LogP contribution in [0.15, 0.2) is 66.9 Å². The van der Waals surface area contributed by atoms with Crippen molar-refractivity contribution in [2.45, 2.75) is 31.5 Å². The predicted octanol–water partition coefficient (Wildman–Crippen LogP) is 4.75. The van der Waals surface area contributed by atoms with Crippen LogP contribution in [0.5, 0.6) is 5.75 Å². The summed E-state index contributed by atoms with van der Waals surface area (Å²) in [6.07, 6.45) is 2.35. The molecule has 2 aromatic carbocycles. The van der Waals surface area contributed by atoms with E-state index in [1.807, 2.05) is 18.2 Å². The second-order valence-corrected chi connectivity index (χ2v) is 11.3. The topological polar surface area (TPSA) is 112 Å². The van der Waals surface area contributed by atoms with E-state index in [2.05, 4.69) is 10.3 Å². The van der Waals surface area contributed by atoms with Gasteiger partial charge in [0.05, 0.1) is 5.88 Å². The fraction of sp³-hybridized carbons (Fsp3) is 0.310. The second-order valence-electron chi connectivity index (χ2n) is 9.50. The van der Waals surface area contributed by atoms with Gasteiger partial charge in [0, 0.05) is 59.7 Å². The summed E-state index contributed by atoms with van der Waals surface area (Å²) in [5.41, 5.74) is 2.24. The highest BCUT2D eigenvalue weighted by molar-refractivity contribution is 7.99. The van der Waals surface area contributed by atoms with Gasteiger partial charge in [-0.25, -0.2) is 9.59 Å². The van der Waals surface area contributed by atoms with Crippen LogP contribution in [0.3, 0.4) is 0 Å². The van der Waals surface area contributed by atoms with Crippen molar-refractivity contribution in [2.75, 3.05) is 25.2 Å². The number of amides is 3. The Bertz CT molecular complexity index is 1340. The van der Waals surface area contributed by atoms with Crippen molar-refractivity contribution < 1.29 is 24.2 Å². The molecule has 1 fully saturated rings. The summed E-state index contributed by atoms with van der Waals surface area (Å²) < 4.78 is 5.79. The molecule has 4 rings (SSSR count). The molecule has 2 heterocycles. The first kappa shape index (κ1) is 30.5. The largest absolute Gasteiger partial charge is 0.489 e. The van der Waals surface area contributed by atoms with Crippen LogP contribution in [0, 0.1) is 0 Å². The van der Waals surface area contributed by atoms with Crippen LogP contribution < -0.4 is 10.1 Å². The molecule has 12 heteroatoms. The number of carboxylic acids is 1. The highest BCUT2D eigenvalue weighted by Gasteiger charge is 2.37. The molecule has 0 spiro atoms. The van der Waals surface area contributed by atoms with Gasteiger partial charge in [-0.15, -0.1) is 11.8 Å². The predicted molar refractivity (Wildman–Crippen MR) is 159 cm³/mol. The first-order chi connectivity index (χ1) is 19.7. The van der Waals surface area contributed by atoms with Crippen LogP contribution in [-0.4, -0.2) is 75.1 Å². The molecule has 0 aliphatic carbocycles. The lowest BCUT2D eigenvalue weighted by Gasteiger charge is -2.29. The number of halogens is 2. The molecular weight excluding hydrogens is 587 g/mol. The number of carbonyl (C=O) groups excluding carboxylic acids is 2. The van der Waals surface area contributed by atoms with E-state index in [0.29, 0.717) is 51.5 Å². The number of nitrogens with one attached hydrogen (secondary N) is 1. The van der Waals surface area contributed by atoms with Crippen LogP contribution in [0.1, 0.15) is 16.8 Å². The van der Waals surface area contributed by atoms with E-state index in [0.717, 1.165) is 5.69 Å². The molecule has 2 atom stereocenters. The number of likely N-dealkylation sites (N-methyl/N-ethyl adjacent to an activating group) is 1. The number of aromatic nitrogens is 1. The maximum absolute atomic E-state index is 13.1. The van der Waals surface area contributed by atoms with Crippen molar-refractivity contribution in [3.8, 4) is 5.75 Å². The number of aliphatic carboxylic acids is 1. The summed E-state index contributed by atoms with van der Waals surface area (Å²) in [7, 11) is 1.68. The van der Waals surface area contributed by atoms with Gasteiger partial charge < -0.3 is 25.0 Å². The lowest BCUT2D eigenvalue weighted by Crippen LogP contribution is -2.54. The fourth-order valence-electron chi connectivity index (χ4n) is 4.24. The Morgan fingerprint density at radius 3 is 2.51 bits per heavy atom. The summed E-state index contributed by atoms with van der Waals surface area (Å²) in [5, 5.41) is 13.5. The van der Waals surface area contributed by atoms with Gasteiger partial charge in [-0.2, -0.15) is 0 Å². The molecule has 2 N–H and O–H groups in total. The number of ether oxygens (including phenoxy) is 1. The number of urea groups is 1. The Morgan fingerprint density at radius 1 is 1.12 bits per heavy atom. The van der Waals surface area contributed by atoms with Crippen LogP contribution >= 0.6 is 35.0 Å². The molecule has 9 nitrogen and oxygen atoms in total. The minimum atomic E-state index is -1.17. The van der Waals surface area contributed by atoms with Gasteiger partial charge in [-0.1, -0.05) is 47.5 Å². The van der Waals surface area contributed by atoms with E-state index in [1.54, 1.807) is 60.6 Å². The van der Waals surface area contributed by atoms with Gasteiger partial charge in [0.15, 0.2) is 0 Å². The fourth-order valence-corrected chi connectivity index (χ4v) is 5.90. The SMILES string of the molecule is CN(CCc1ccccn1)C(=O)N1CSC[C@H]1C(=O)N[C@@H](Cc1ccc(OCc2c(Cl)cccc2Cl)cc1)C(=O)O. The average Bonchev–Trinajstić information content (AvgIpc) is 3.46. The summed E-state index contributed by atoms with van der Waals surface area (Å²) in [6, 6.07) is 15.5. The molecule has 3 aromatic rings. The maximum atomic E-state index is 13.1. The Morgan fingerprint density at radius 2 is 1.85 bits per heavy atom. The summed E-state index contributed by atoms with van der Waals surface area (Å²) >= 11 is 13.8. The highest BCUT2D eigenvalue weighted by Crippen LogP contribution is 2.26. The molecule has 1 aliphatic rings. The third kappa shape index (κ3) is 8.28. The van der Waals surface area contributed by atoms with E-state index in [1.165, 1.54) is 16.7 Å². The van der Waals surface area contributed by atoms with E-state index in [-0.39, 0.29) is 19.1 Å². The summed E-state index contributed by atoms with van der Waals surface area (Å²) in [4.78, 5) is 45.6. The Hall–Kier alpha value is -3.47. The van der Waals surface area contributed by atoms with Gasteiger partial charge in [-0.05, 0) is 42.0 Å². The van der Waals surface area contributed by atoms with E-state index < -0.39 is 24.0 Å². The van der Waals surface area contributed by atoms with Gasteiger partial charge in [0.25, 0.3) is 0 Å². The summed E-state index contributed by atoms with van der Waals surface area (Å²) in [5.74, 6) is -0.360. The lowest BCUT2D eigenvalue weighted by molar-refractivity contribution is -0.142. The molecule has 1 aliphatic heterocycles. The molecule has 0 unspecified atom stereocenters. The number of rotatable bonds is 11. The van der Waals surface area contributed by atoms with Crippen molar-refractivity contribution in [1.29, 1.82) is 0 Å². The quantitative estimate of drug-likeness (QED) is 0.320. The van der Waals surface area contributed by atoms with Gasteiger partial charge in [-0.3, -0.25) is 9.78 Å². The van der Waals surface area contributed by atoms with Crippen molar-refractivity contribution in [2.24, 2.45) is 0 Å². The maximum Gasteiger partial charge on any atom is 0.326 e. The van der Waals surface area contributed by atoms with Crippen molar-refractivity contribution in [3.05, 3.63) is 93.7 Å². The molecule has 1 saturated heterocycles. The molecule has 0 radical (unpaired) electrons. The number of carbonyl (C=O) groups is 3. The van der Waals surface area contributed by atoms with E-state index >= 15 is 0 Å². The zero-order chi connectivity index (χ0) is 29.4. The summed E-state index contributed by atoms with van der Waals surface area (Å²) in [6.45, 7) is 0.618. The number of hydrogen-bond donors (Lipinski definition) is 2. The van der Waals surface area contributed by atoms with Crippen molar-refractivity contribution in [1.82, 2.24) is 20.1 Å². The van der Waals surface area contributed by atoms with Crippen LogP contribution in [-0.2, 0) is 29.0 Å². The Labute approximate surface area is 252 Å². The zero-order valence-corrected chi connectivity index (χ0v) is 24.7. The molecule has 41 heavy (non-hydrogen) atoms. The zero-order valence-electron chi connectivity index (χ0n) is 22.3. The third-order valence-electron chi connectivity index (χ3n) is 6.61. The number of pyridine rings is 1. The second kappa shape index (κ2) is 14.4. The van der Waals surface area contributed by atoms with Gasteiger partial charge in [0.1, 0.15) is 24.4 Å². The van der Waals surface area contributed by atoms with E-state index in [4.69, 9.17) is 27.9 Å². The minimum absolute atomic E-state index is 0.0650. The third-order valence-corrected chi connectivity index (χ3v) is 8.33. The Kier molecular flexibility index (Phi) is 10.7. The smallest absolute Gasteiger partial charge is 0.326 e. The normalized spacial score (nSPS) is 15.3. The number of thioether (sulfide) groups is 1. The van der Waals surface area contributed by atoms with Crippen LogP contribution in [0.25, 0.3) is 0 Å². The first-order valence-corrected chi connectivity index (χ1v) is 14.8. The molecular formula is C29H30Cl2N4O5S. The number of benzene rings is 2. The van der Waals surface area contributed by atoms with Crippen LogP contribution in [0.4, 0.5) is 4.79 Å².